The van der Waals surface area contributed by atoms with Crippen molar-refractivity contribution in [3.63, 3.8) is 0 Å². The number of piperidine rings is 1. The van der Waals surface area contributed by atoms with Crippen molar-refractivity contribution in [1.29, 1.82) is 0 Å². The van der Waals surface area contributed by atoms with Gasteiger partial charge in [-0.05, 0) is 50.8 Å². The molecule has 0 atom stereocenters. The van der Waals surface area contributed by atoms with Gasteiger partial charge in [-0.1, -0.05) is 29.8 Å². The molecule has 1 fully saturated rings. The predicted octanol–water partition coefficient (Wildman–Crippen LogP) is 3.32. The van der Waals surface area contributed by atoms with Gasteiger partial charge in [-0.15, -0.1) is 12.4 Å². The molecule has 1 saturated heterocycles. The fraction of sp³-hybridized carbons (Fsp3) is 0.600. The fourth-order valence-electron chi connectivity index (χ4n) is 2.29. The third-order valence-electron chi connectivity index (χ3n) is 3.52. The van der Waals surface area contributed by atoms with Crippen molar-refractivity contribution in [2.45, 2.75) is 32.8 Å². The van der Waals surface area contributed by atoms with Gasteiger partial charge in [-0.3, -0.25) is 0 Å². The third-order valence-corrected chi connectivity index (χ3v) is 3.52. The highest BCUT2D eigenvalue weighted by Gasteiger charge is 2.12. The highest BCUT2D eigenvalue weighted by molar-refractivity contribution is 5.85. The number of halogens is 1. The number of benzene rings is 1. The van der Waals surface area contributed by atoms with Crippen molar-refractivity contribution in [2.75, 3.05) is 19.7 Å². The van der Waals surface area contributed by atoms with Crippen LogP contribution in [0.4, 0.5) is 0 Å². The average Bonchev–Trinajstić information content (AvgIpc) is 2.38. The van der Waals surface area contributed by atoms with Crippen LogP contribution in [-0.2, 0) is 11.3 Å². The lowest BCUT2D eigenvalue weighted by molar-refractivity contribution is 0.103. The fourth-order valence-corrected chi connectivity index (χ4v) is 2.29. The standard InChI is InChI=1S/C15H23NO.ClH/c1-13-2-4-15(5-3-13)12-17-11-8-14-6-9-16-10-7-14;/h2-5,14,16H,6-12H2,1H3;1H. The summed E-state index contributed by atoms with van der Waals surface area (Å²) in [5.41, 5.74) is 2.59. The third kappa shape index (κ3) is 5.38. The summed E-state index contributed by atoms with van der Waals surface area (Å²) in [6.45, 7) is 6.14. The van der Waals surface area contributed by atoms with Gasteiger partial charge in [0.15, 0.2) is 0 Å². The Morgan fingerprint density at radius 1 is 1.17 bits per heavy atom. The minimum atomic E-state index is 0. The molecule has 1 aromatic rings. The van der Waals surface area contributed by atoms with Crippen LogP contribution >= 0.6 is 12.4 Å². The number of hydrogen-bond acceptors (Lipinski definition) is 2. The molecular weight excluding hydrogens is 246 g/mol. The molecule has 0 spiro atoms. The maximum atomic E-state index is 5.74. The Balaban J connectivity index is 0.00000162. The Morgan fingerprint density at radius 3 is 2.50 bits per heavy atom. The first-order chi connectivity index (χ1) is 8.34. The lowest BCUT2D eigenvalue weighted by atomic mass is 9.95. The smallest absolute Gasteiger partial charge is 0.0716 e. The van der Waals surface area contributed by atoms with Gasteiger partial charge in [-0.2, -0.15) is 0 Å². The van der Waals surface area contributed by atoms with Gasteiger partial charge in [-0.25, -0.2) is 0 Å². The lowest BCUT2D eigenvalue weighted by Gasteiger charge is -2.22. The molecule has 1 aliphatic heterocycles. The van der Waals surface area contributed by atoms with E-state index >= 15 is 0 Å². The van der Waals surface area contributed by atoms with Crippen molar-refractivity contribution in [1.82, 2.24) is 5.32 Å². The summed E-state index contributed by atoms with van der Waals surface area (Å²) in [5.74, 6) is 0.870. The van der Waals surface area contributed by atoms with Gasteiger partial charge in [0, 0.05) is 6.61 Å². The van der Waals surface area contributed by atoms with E-state index in [1.54, 1.807) is 0 Å². The molecule has 0 aromatic heterocycles. The number of hydrogen-bond donors (Lipinski definition) is 1. The molecule has 3 heteroatoms. The lowest BCUT2D eigenvalue weighted by Crippen LogP contribution is -2.28. The number of nitrogens with one attached hydrogen (secondary N) is 1. The van der Waals surface area contributed by atoms with Crippen LogP contribution in [0.5, 0.6) is 0 Å². The van der Waals surface area contributed by atoms with Crippen LogP contribution in [0, 0.1) is 12.8 Å². The second-order valence-electron chi connectivity index (χ2n) is 5.02. The van der Waals surface area contributed by atoms with E-state index in [0.717, 1.165) is 19.1 Å². The van der Waals surface area contributed by atoms with Gasteiger partial charge in [0.25, 0.3) is 0 Å². The van der Waals surface area contributed by atoms with Crippen LogP contribution in [0.15, 0.2) is 24.3 Å². The van der Waals surface area contributed by atoms with Crippen LogP contribution in [0.2, 0.25) is 0 Å². The molecule has 1 aliphatic rings. The zero-order valence-electron chi connectivity index (χ0n) is 11.2. The molecule has 2 rings (SSSR count). The first-order valence-corrected chi connectivity index (χ1v) is 6.68. The summed E-state index contributed by atoms with van der Waals surface area (Å²) in [6.07, 6.45) is 3.84. The maximum Gasteiger partial charge on any atom is 0.0716 e. The van der Waals surface area contributed by atoms with Crippen LogP contribution in [0.25, 0.3) is 0 Å². The van der Waals surface area contributed by atoms with E-state index in [-0.39, 0.29) is 12.4 Å². The predicted molar refractivity (Wildman–Crippen MR) is 78.3 cm³/mol. The summed E-state index contributed by atoms with van der Waals surface area (Å²) in [5, 5.41) is 3.40. The Hall–Kier alpha value is -0.570. The Bertz CT molecular complexity index is 320. The van der Waals surface area contributed by atoms with Crippen molar-refractivity contribution in [3.05, 3.63) is 35.4 Å². The quantitative estimate of drug-likeness (QED) is 0.828. The molecule has 1 N–H and O–H groups in total. The van der Waals surface area contributed by atoms with E-state index in [0.29, 0.717) is 0 Å². The molecule has 0 bridgehead atoms. The summed E-state index contributed by atoms with van der Waals surface area (Å²) in [4.78, 5) is 0. The number of aryl methyl sites for hydroxylation is 1. The van der Waals surface area contributed by atoms with Gasteiger partial charge in [0.2, 0.25) is 0 Å². The van der Waals surface area contributed by atoms with E-state index in [4.69, 9.17) is 4.74 Å². The SMILES string of the molecule is Cc1ccc(COCCC2CCNCC2)cc1.Cl. The molecule has 0 unspecified atom stereocenters. The summed E-state index contributed by atoms with van der Waals surface area (Å²) < 4.78 is 5.74. The van der Waals surface area contributed by atoms with Crippen molar-refractivity contribution >= 4 is 12.4 Å². The molecule has 0 amide bonds. The molecule has 2 nitrogen and oxygen atoms in total. The molecule has 1 aromatic carbocycles. The van der Waals surface area contributed by atoms with Gasteiger partial charge >= 0.3 is 0 Å². The molecule has 1 heterocycles. The average molecular weight is 270 g/mol. The van der Waals surface area contributed by atoms with Crippen LogP contribution < -0.4 is 5.32 Å². The first kappa shape index (κ1) is 15.5. The Kier molecular flexibility index (Phi) is 7.33. The normalized spacial score (nSPS) is 16.3. The molecule has 102 valence electrons. The first-order valence-electron chi connectivity index (χ1n) is 6.68. The topological polar surface area (TPSA) is 21.3 Å². The van der Waals surface area contributed by atoms with E-state index in [2.05, 4.69) is 36.5 Å². The van der Waals surface area contributed by atoms with E-state index < -0.39 is 0 Å². The van der Waals surface area contributed by atoms with Crippen LogP contribution in [0.3, 0.4) is 0 Å². The molecule has 0 aliphatic carbocycles. The second kappa shape index (κ2) is 8.52. The summed E-state index contributed by atoms with van der Waals surface area (Å²) >= 11 is 0. The Morgan fingerprint density at radius 2 is 1.83 bits per heavy atom. The van der Waals surface area contributed by atoms with E-state index in [1.807, 2.05) is 0 Å². The summed E-state index contributed by atoms with van der Waals surface area (Å²) in [7, 11) is 0. The van der Waals surface area contributed by atoms with Crippen molar-refractivity contribution in [2.24, 2.45) is 5.92 Å². The molecular formula is C15H24ClNO. The zero-order valence-corrected chi connectivity index (χ0v) is 12.0. The van der Waals surface area contributed by atoms with Crippen LogP contribution in [-0.4, -0.2) is 19.7 Å². The molecule has 18 heavy (non-hydrogen) atoms. The molecule has 0 saturated carbocycles. The monoisotopic (exact) mass is 269 g/mol. The Labute approximate surface area is 117 Å². The largest absolute Gasteiger partial charge is 0.377 e. The maximum absolute atomic E-state index is 5.74. The molecule has 0 radical (unpaired) electrons. The van der Waals surface area contributed by atoms with E-state index in [1.165, 1.54) is 43.5 Å². The highest BCUT2D eigenvalue weighted by atomic mass is 35.5. The van der Waals surface area contributed by atoms with Gasteiger partial charge < -0.3 is 10.1 Å². The number of rotatable bonds is 5. The van der Waals surface area contributed by atoms with Crippen LogP contribution in [0.1, 0.15) is 30.4 Å². The highest BCUT2D eigenvalue weighted by Crippen LogP contribution is 2.16. The van der Waals surface area contributed by atoms with Crippen molar-refractivity contribution in [3.8, 4) is 0 Å². The second-order valence-corrected chi connectivity index (χ2v) is 5.02. The van der Waals surface area contributed by atoms with Gasteiger partial charge in [0.05, 0.1) is 6.61 Å². The summed E-state index contributed by atoms with van der Waals surface area (Å²) in [6, 6.07) is 8.59. The minimum Gasteiger partial charge on any atom is -0.377 e. The number of ether oxygens (including phenoxy) is 1. The van der Waals surface area contributed by atoms with Crippen molar-refractivity contribution < 1.29 is 4.74 Å². The van der Waals surface area contributed by atoms with Gasteiger partial charge in [0.1, 0.15) is 0 Å². The minimum absolute atomic E-state index is 0. The van der Waals surface area contributed by atoms with E-state index in [9.17, 15) is 0 Å². The zero-order chi connectivity index (χ0) is 11.9.